The van der Waals surface area contributed by atoms with Crippen LogP contribution in [0.5, 0.6) is 5.75 Å². The lowest BCUT2D eigenvalue weighted by atomic mass is 9.84. The quantitative estimate of drug-likeness (QED) is 0.0614. The number of aliphatic carboxylic acids is 1. The van der Waals surface area contributed by atoms with Crippen LogP contribution in [0.4, 0.5) is 5.13 Å². The van der Waals surface area contributed by atoms with Crippen molar-refractivity contribution in [3.05, 3.63) is 45.5 Å². The van der Waals surface area contributed by atoms with Gasteiger partial charge in [-0.05, 0) is 13.8 Å². The van der Waals surface area contributed by atoms with Crippen molar-refractivity contribution >= 4 is 56.1 Å². The zero-order chi connectivity index (χ0) is 32.6. The largest absolute Gasteiger partial charge is 0.503 e. The molecule has 0 saturated carbocycles. The molecule has 1 saturated heterocycles. The first-order valence-corrected chi connectivity index (χ1v) is 14.5. The monoisotopic (exact) mass is 653 g/mol. The van der Waals surface area contributed by atoms with Gasteiger partial charge in [0.05, 0.1) is 12.0 Å². The number of aromatic hydroxyl groups is 1. The van der Waals surface area contributed by atoms with Gasteiger partial charge in [-0.1, -0.05) is 5.16 Å². The highest BCUT2D eigenvalue weighted by atomic mass is 32.2. The highest BCUT2D eigenvalue weighted by Crippen LogP contribution is 2.32. The maximum Gasteiger partial charge on any atom is 0.362 e. The zero-order valence-electron chi connectivity index (χ0n) is 22.6. The van der Waals surface area contributed by atoms with Crippen LogP contribution in [0.15, 0.2) is 38.3 Å². The molecule has 2 amide bonds. The first kappa shape index (κ1) is 31.8. The van der Waals surface area contributed by atoms with Gasteiger partial charge in [-0.3, -0.25) is 23.7 Å². The van der Waals surface area contributed by atoms with Crippen molar-refractivity contribution in [1.82, 2.24) is 24.6 Å². The molecule has 21 heteroatoms. The van der Waals surface area contributed by atoms with Gasteiger partial charge in [0.1, 0.15) is 17.7 Å². The number of nitrogens with one attached hydrogen (secondary N) is 2. The maximum atomic E-state index is 13.3. The number of oxime groups is 1. The molecule has 0 bridgehead atoms. The number of hydrogen-bond acceptors (Lipinski definition) is 15. The van der Waals surface area contributed by atoms with E-state index in [0.717, 1.165) is 43.7 Å². The molecule has 3 aromatic rings. The highest BCUT2D eigenvalue weighted by molar-refractivity contribution is 7.84. The Balaban J connectivity index is 1.52. The molecule has 0 unspecified atom stereocenters. The number of aromatic nitrogens is 3. The lowest BCUT2D eigenvalue weighted by Crippen LogP contribution is -2.66. The normalized spacial score (nSPS) is 17.2. The van der Waals surface area contributed by atoms with Crippen LogP contribution in [0, 0.1) is 5.92 Å². The number of thiazole rings is 1. The molecule has 0 aromatic carbocycles. The van der Waals surface area contributed by atoms with Gasteiger partial charge in [0.15, 0.2) is 28.1 Å². The molecule has 2 atom stereocenters. The molecule has 1 fully saturated rings. The number of aromatic amines is 1. The summed E-state index contributed by atoms with van der Waals surface area (Å²) in [5.41, 5.74) is 2.13. The minimum atomic E-state index is -5.11. The number of pyridine rings is 1. The number of amides is 2. The van der Waals surface area contributed by atoms with Crippen molar-refractivity contribution in [3.63, 3.8) is 0 Å². The van der Waals surface area contributed by atoms with E-state index in [1.807, 2.05) is 0 Å². The molecule has 19 nitrogen and oxygen atoms in total. The van der Waals surface area contributed by atoms with Gasteiger partial charge in [0.2, 0.25) is 22.8 Å². The van der Waals surface area contributed by atoms with Gasteiger partial charge in [-0.2, -0.15) is 8.42 Å². The predicted octanol–water partition coefficient (Wildman–Crippen LogP) is -0.623. The number of oxazole rings is 1. The number of β-lactam (4-membered cyclic amide) rings is 1. The van der Waals surface area contributed by atoms with Gasteiger partial charge in [0, 0.05) is 30.6 Å². The number of nitrogens with zero attached hydrogens (tertiary/aromatic N) is 4. The first-order chi connectivity index (χ1) is 20.5. The third-order valence-electron chi connectivity index (χ3n) is 6.19. The van der Waals surface area contributed by atoms with E-state index in [1.165, 1.54) is 5.38 Å². The van der Waals surface area contributed by atoms with Gasteiger partial charge in [-0.25, -0.2) is 19.1 Å². The van der Waals surface area contributed by atoms with Crippen LogP contribution < -0.4 is 16.5 Å². The summed E-state index contributed by atoms with van der Waals surface area (Å²) in [6, 6.07) is -0.469. The van der Waals surface area contributed by atoms with Crippen molar-refractivity contribution in [2.75, 3.05) is 12.3 Å². The van der Waals surface area contributed by atoms with Crippen LogP contribution >= 0.6 is 11.3 Å². The van der Waals surface area contributed by atoms with E-state index < -0.39 is 81.3 Å². The predicted molar refractivity (Wildman–Crippen MR) is 148 cm³/mol. The first-order valence-electron chi connectivity index (χ1n) is 12.2. The second-order valence-electron chi connectivity index (χ2n) is 9.67. The third-order valence-corrected chi connectivity index (χ3v) is 7.82. The standard InChI is InChI=1S/C23H23N7O12S2/c1-23(2,21(36)37)42-29-17(12-8-43-22(24)28-12)15(32)3-9-13(30(20(9)35)44(38,39)40)5-26-18(34)11-7-41-19(27-11)10-4-14(31)16(33)6-25-10/h4,6-9,13,33H,3,5H2,1-2H3,(H2,24,28)(H,25,31)(H,26,34)(H,36,37)(H,38,39,40)/b29-17-/t9-,13+/m0/s1. The lowest BCUT2D eigenvalue weighted by molar-refractivity contribution is -0.161. The molecule has 1 aliphatic heterocycles. The van der Waals surface area contributed by atoms with Crippen molar-refractivity contribution in [2.24, 2.45) is 11.1 Å². The number of hydrogen-bond donors (Lipinski definition) is 6. The average molecular weight is 654 g/mol. The number of rotatable bonds is 12. The van der Waals surface area contributed by atoms with Crippen molar-refractivity contribution < 1.29 is 51.6 Å². The van der Waals surface area contributed by atoms with Crippen LogP contribution in [0.25, 0.3) is 11.6 Å². The van der Waals surface area contributed by atoms with E-state index in [-0.39, 0.29) is 32.4 Å². The van der Waals surface area contributed by atoms with Gasteiger partial charge in [-0.15, -0.1) is 11.3 Å². The molecular weight excluding hydrogens is 630 g/mol. The number of H-pyrrole nitrogens is 1. The fraction of sp³-hybridized carbons (Fsp3) is 0.304. The molecule has 7 N–H and O–H groups in total. The SMILES string of the molecule is CC(C)(O/N=C(\C(=O)C[C@@H]1C(=O)N(S(=O)(=O)O)[C@@H]1CNC(=O)c1coc(-c2cc(=O)c(O)c[nH]2)n1)c1csc(N)n1)C(=O)O. The van der Waals surface area contributed by atoms with Crippen molar-refractivity contribution in [3.8, 4) is 17.3 Å². The number of Topliss-reactive ketones (excluding diaryl/α,β-unsaturated/α-hetero) is 1. The number of nitrogen functional groups attached to an aromatic ring is 1. The van der Waals surface area contributed by atoms with Crippen LogP contribution in [0.2, 0.25) is 0 Å². The van der Waals surface area contributed by atoms with Crippen LogP contribution in [0.1, 0.15) is 36.5 Å². The molecule has 1 aliphatic rings. The molecular formula is C23H23N7O12S2. The lowest BCUT2D eigenvalue weighted by Gasteiger charge is -2.43. The van der Waals surface area contributed by atoms with Crippen LogP contribution in [-0.2, 0) is 29.5 Å². The van der Waals surface area contributed by atoms with Gasteiger partial charge >= 0.3 is 16.3 Å². The number of carboxylic acid groups (broad SMARTS) is 1. The van der Waals surface area contributed by atoms with E-state index in [1.54, 1.807) is 0 Å². The molecule has 4 rings (SSSR count). The minimum absolute atomic E-state index is 0.0302. The number of nitrogens with two attached hydrogens (primary N) is 1. The molecule has 0 radical (unpaired) electrons. The van der Waals surface area contributed by atoms with Gasteiger partial charge in [0.25, 0.3) is 5.91 Å². The van der Waals surface area contributed by atoms with Crippen LogP contribution in [-0.4, -0.2) is 89.9 Å². The third kappa shape index (κ3) is 6.58. The van der Waals surface area contributed by atoms with E-state index in [0.29, 0.717) is 0 Å². The highest BCUT2D eigenvalue weighted by Gasteiger charge is 2.54. The van der Waals surface area contributed by atoms with Crippen molar-refractivity contribution in [1.29, 1.82) is 0 Å². The second kappa shape index (κ2) is 11.9. The molecule has 3 aromatic heterocycles. The number of carbonyl (C=O) groups is 4. The summed E-state index contributed by atoms with van der Waals surface area (Å²) >= 11 is 0.929. The summed E-state index contributed by atoms with van der Waals surface area (Å²) in [5.74, 6) is -6.55. The molecule has 44 heavy (non-hydrogen) atoms. The Morgan fingerprint density at radius 1 is 1.27 bits per heavy atom. The number of ketones is 1. The van der Waals surface area contributed by atoms with Crippen molar-refractivity contribution in [2.45, 2.75) is 31.9 Å². The Morgan fingerprint density at radius 2 is 1.98 bits per heavy atom. The zero-order valence-corrected chi connectivity index (χ0v) is 24.2. The summed E-state index contributed by atoms with van der Waals surface area (Å²) in [4.78, 5) is 77.2. The Hall–Kier alpha value is -5.15. The Labute approximate surface area is 250 Å². The van der Waals surface area contributed by atoms with E-state index in [4.69, 9.17) is 15.0 Å². The topological polar surface area (TPSA) is 298 Å². The van der Waals surface area contributed by atoms with E-state index in [2.05, 4.69) is 25.4 Å². The summed E-state index contributed by atoms with van der Waals surface area (Å²) < 4.78 is 38.6. The minimum Gasteiger partial charge on any atom is -0.503 e. The Kier molecular flexibility index (Phi) is 8.56. The fourth-order valence-electron chi connectivity index (χ4n) is 3.82. The summed E-state index contributed by atoms with van der Waals surface area (Å²) in [6.45, 7) is 1.74. The number of carboxylic acids is 1. The molecule has 4 heterocycles. The number of carbonyl (C=O) groups excluding carboxylic acids is 3. The van der Waals surface area contributed by atoms with Gasteiger partial charge < -0.3 is 35.5 Å². The Bertz CT molecular complexity index is 1840. The fourth-order valence-corrected chi connectivity index (χ4v) is 5.29. The van der Waals surface area contributed by atoms with E-state index >= 15 is 0 Å². The van der Waals surface area contributed by atoms with E-state index in [9.17, 15) is 47.2 Å². The molecule has 0 spiro atoms. The molecule has 234 valence electrons. The smallest absolute Gasteiger partial charge is 0.362 e. The summed E-state index contributed by atoms with van der Waals surface area (Å²) in [5, 5.41) is 26.0. The molecule has 0 aliphatic carbocycles. The second-order valence-corrected chi connectivity index (χ2v) is 11.9. The van der Waals surface area contributed by atoms with Crippen LogP contribution in [0.3, 0.4) is 0 Å². The average Bonchev–Trinajstić information content (AvgIpc) is 3.60. The summed E-state index contributed by atoms with van der Waals surface area (Å²) in [6.07, 6.45) is 1.20. The summed E-state index contributed by atoms with van der Waals surface area (Å²) in [7, 11) is -5.11. The Morgan fingerprint density at radius 3 is 2.57 bits per heavy atom. The maximum absolute atomic E-state index is 13.3. The number of anilines is 1.